The number of ether oxygens (including phenoxy) is 1. The fourth-order valence-corrected chi connectivity index (χ4v) is 2.61. The maximum absolute atomic E-state index is 12.3. The highest BCUT2D eigenvalue weighted by molar-refractivity contribution is 5.95. The van der Waals surface area contributed by atoms with Crippen LogP contribution in [0.5, 0.6) is 0 Å². The molecule has 0 aliphatic heterocycles. The molecule has 0 fully saturated rings. The van der Waals surface area contributed by atoms with Crippen molar-refractivity contribution in [1.82, 2.24) is 16.0 Å². The zero-order valence-electron chi connectivity index (χ0n) is 21.2. The average molecular weight is 480 g/mol. The predicted octanol–water partition coefficient (Wildman–Crippen LogP) is 2.28. The SMILES string of the molecule is CCC(=O)OCc1ccc(NC(=O)CNC(=O)C(NC(C)C)C(C)C)cc1.CCCNC(N)=O. The lowest BCUT2D eigenvalue weighted by molar-refractivity contribution is -0.144. The molecule has 0 aromatic heterocycles. The monoisotopic (exact) mass is 479 g/mol. The molecule has 1 atom stereocenters. The lowest BCUT2D eigenvalue weighted by Gasteiger charge is -2.23. The van der Waals surface area contributed by atoms with Crippen LogP contribution in [-0.2, 0) is 25.7 Å². The molecule has 10 heteroatoms. The minimum absolute atomic E-state index is 0.0995. The maximum atomic E-state index is 12.3. The van der Waals surface area contributed by atoms with Gasteiger partial charge in [0.05, 0.1) is 12.6 Å². The number of esters is 1. The fraction of sp³-hybridized carbons (Fsp3) is 0.583. The van der Waals surface area contributed by atoms with Crippen molar-refractivity contribution in [2.75, 3.05) is 18.4 Å². The summed E-state index contributed by atoms with van der Waals surface area (Å²) in [6, 6.07) is 6.40. The van der Waals surface area contributed by atoms with Crippen molar-refractivity contribution in [3.05, 3.63) is 29.8 Å². The molecular formula is C24H41N5O5. The molecule has 0 aliphatic rings. The van der Waals surface area contributed by atoms with Gasteiger partial charge in [-0.2, -0.15) is 0 Å². The molecule has 0 saturated heterocycles. The molecule has 10 nitrogen and oxygen atoms in total. The van der Waals surface area contributed by atoms with Crippen molar-refractivity contribution < 1.29 is 23.9 Å². The molecule has 1 unspecified atom stereocenters. The minimum atomic E-state index is -0.443. The van der Waals surface area contributed by atoms with E-state index in [0.717, 1.165) is 12.0 Å². The summed E-state index contributed by atoms with van der Waals surface area (Å²) in [6.07, 6.45) is 1.27. The molecular weight excluding hydrogens is 438 g/mol. The quantitative estimate of drug-likeness (QED) is 0.290. The summed E-state index contributed by atoms with van der Waals surface area (Å²) < 4.78 is 5.05. The number of urea groups is 1. The second-order valence-electron chi connectivity index (χ2n) is 8.31. The summed E-state index contributed by atoms with van der Waals surface area (Å²) in [5.74, 6) is -0.637. The van der Waals surface area contributed by atoms with Crippen LogP contribution in [0.2, 0.25) is 0 Å². The zero-order chi connectivity index (χ0) is 26.1. The first-order valence-electron chi connectivity index (χ1n) is 11.6. The van der Waals surface area contributed by atoms with Crippen LogP contribution in [-0.4, -0.2) is 49.0 Å². The second-order valence-corrected chi connectivity index (χ2v) is 8.31. The van der Waals surface area contributed by atoms with E-state index >= 15 is 0 Å². The van der Waals surface area contributed by atoms with E-state index in [1.807, 2.05) is 34.6 Å². The number of hydrogen-bond acceptors (Lipinski definition) is 6. The topological polar surface area (TPSA) is 152 Å². The minimum Gasteiger partial charge on any atom is -0.461 e. The molecule has 1 aromatic rings. The standard InChI is InChI=1S/C20H31N3O4.C4H10N2O/c1-6-18(25)27-12-15-7-9-16(10-8-15)23-17(24)11-21-20(26)19(13(2)3)22-14(4)5;1-2-3-6-4(5)7/h7-10,13-14,19,22H,6,11-12H2,1-5H3,(H,21,26)(H,23,24);2-3H2,1H3,(H3,5,6,7). The highest BCUT2D eigenvalue weighted by Gasteiger charge is 2.22. The van der Waals surface area contributed by atoms with Crippen molar-refractivity contribution in [1.29, 1.82) is 0 Å². The molecule has 0 saturated carbocycles. The van der Waals surface area contributed by atoms with Crippen LogP contribution < -0.4 is 27.0 Å². The molecule has 0 aliphatic carbocycles. The summed E-state index contributed by atoms with van der Waals surface area (Å²) in [4.78, 5) is 45.4. The number of primary amides is 1. The van der Waals surface area contributed by atoms with Crippen molar-refractivity contribution in [3.63, 3.8) is 0 Å². The van der Waals surface area contributed by atoms with Gasteiger partial charge in [-0.1, -0.05) is 53.7 Å². The molecule has 4 amide bonds. The number of rotatable bonds is 12. The molecule has 192 valence electrons. The molecule has 0 radical (unpaired) electrons. The van der Waals surface area contributed by atoms with Crippen LogP contribution in [0.1, 0.15) is 59.9 Å². The molecule has 0 heterocycles. The van der Waals surface area contributed by atoms with Crippen LogP contribution in [0, 0.1) is 5.92 Å². The third kappa shape index (κ3) is 14.8. The van der Waals surface area contributed by atoms with Crippen LogP contribution in [0.15, 0.2) is 24.3 Å². The molecule has 1 aromatic carbocycles. The Kier molecular flexibility index (Phi) is 15.7. The first-order chi connectivity index (χ1) is 16.0. The van der Waals surface area contributed by atoms with Gasteiger partial charge in [0.25, 0.3) is 0 Å². The summed E-state index contributed by atoms with van der Waals surface area (Å²) in [7, 11) is 0. The largest absolute Gasteiger partial charge is 0.461 e. The smallest absolute Gasteiger partial charge is 0.312 e. The summed E-state index contributed by atoms with van der Waals surface area (Å²) >= 11 is 0. The Hall–Kier alpha value is -3.14. The Balaban J connectivity index is 0.00000135. The molecule has 1 rings (SSSR count). The molecule has 6 N–H and O–H groups in total. The summed E-state index contributed by atoms with van der Waals surface area (Å²) in [6.45, 7) is 12.4. The van der Waals surface area contributed by atoms with Crippen LogP contribution in [0.3, 0.4) is 0 Å². The van der Waals surface area contributed by atoms with E-state index in [2.05, 4.69) is 21.3 Å². The van der Waals surface area contributed by atoms with Crippen molar-refractivity contribution in [2.24, 2.45) is 11.7 Å². The third-order valence-corrected chi connectivity index (χ3v) is 4.36. The normalized spacial score (nSPS) is 11.2. The van der Waals surface area contributed by atoms with E-state index in [1.54, 1.807) is 31.2 Å². The van der Waals surface area contributed by atoms with Gasteiger partial charge in [-0.15, -0.1) is 0 Å². The number of nitrogens with one attached hydrogen (secondary N) is 4. The highest BCUT2D eigenvalue weighted by Crippen LogP contribution is 2.11. The highest BCUT2D eigenvalue weighted by atomic mass is 16.5. The zero-order valence-corrected chi connectivity index (χ0v) is 21.2. The van der Waals surface area contributed by atoms with Crippen molar-refractivity contribution in [3.8, 4) is 0 Å². The first kappa shape index (κ1) is 30.9. The third-order valence-electron chi connectivity index (χ3n) is 4.36. The number of amides is 4. The van der Waals surface area contributed by atoms with Gasteiger partial charge in [0.15, 0.2) is 0 Å². The molecule has 0 spiro atoms. The summed E-state index contributed by atoms with van der Waals surface area (Å²) in [5, 5.41) is 11.0. The van der Waals surface area contributed by atoms with E-state index in [1.165, 1.54) is 0 Å². The second kappa shape index (κ2) is 17.4. The Morgan fingerprint density at radius 2 is 1.59 bits per heavy atom. The predicted molar refractivity (Wildman–Crippen MR) is 133 cm³/mol. The fourth-order valence-electron chi connectivity index (χ4n) is 2.61. The van der Waals surface area contributed by atoms with E-state index in [-0.39, 0.29) is 48.9 Å². The Bertz CT molecular complexity index is 766. The van der Waals surface area contributed by atoms with Gasteiger partial charge in [0, 0.05) is 24.7 Å². The van der Waals surface area contributed by atoms with Crippen molar-refractivity contribution >= 4 is 29.5 Å². The number of carbonyl (C=O) groups excluding carboxylic acids is 4. The van der Waals surface area contributed by atoms with Gasteiger partial charge in [-0.25, -0.2) is 4.79 Å². The Labute approximate surface area is 202 Å². The number of anilines is 1. The number of nitrogens with two attached hydrogens (primary N) is 1. The summed E-state index contributed by atoms with van der Waals surface area (Å²) in [5.41, 5.74) is 6.18. The molecule has 0 bridgehead atoms. The van der Waals surface area contributed by atoms with Crippen LogP contribution in [0.4, 0.5) is 10.5 Å². The van der Waals surface area contributed by atoms with E-state index in [4.69, 9.17) is 10.5 Å². The van der Waals surface area contributed by atoms with E-state index in [9.17, 15) is 19.2 Å². The van der Waals surface area contributed by atoms with Crippen LogP contribution >= 0.6 is 0 Å². The van der Waals surface area contributed by atoms with E-state index < -0.39 is 6.03 Å². The van der Waals surface area contributed by atoms with Gasteiger partial charge < -0.3 is 31.7 Å². The van der Waals surface area contributed by atoms with Gasteiger partial charge in [-0.3, -0.25) is 14.4 Å². The van der Waals surface area contributed by atoms with Gasteiger partial charge in [-0.05, 0) is 30.0 Å². The van der Waals surface area contributed by atoms with Gasteiger partial charge >= 0.3 is 12.0 Å². The van der Waals surface area contributed by atoms with Gasteiger partial charge in [0.1, 0.15) is 6.61 Å². The maximum Gasteiger partial charge on any atom is 0.312 e. The van der Waals surface area contributed by atoms with Crippen LogP contribution in [0.25, 0.3) is 0 Å². The number of carbonyl (C=O) groups is 4. The molecule has 34 heavy (non-hydrogen) atoms. The van der Waals surface area contributed by atoms with E-state index in [0.29, 0.717) is 18.7 Å². The average Bonchev–Trinajstić information content (AvgIpc) is 2.79. The lowest BCUT2D eigenvalue weighted by Crippen LogP contribution is -2.51. The Morgan fingerprint density at radius 3 is 2.03 bits per heavy atom. The number of benzene rings is 1. The Morgan fingerprint density at radius 1 is 0.971 bits per heavy atom. The van der Waals surface area contributed by atoms with Crippen molar-refractivity contribution in [2.45, 2.75) is 73.1 Å². The van der Waals surface area contributed by atoms with Gasteiger partial charge in [0.2, 0.25) is 11.8 Å². The lowest BCUT2D eigenvalue weighted by atomic mass is 10.0. The number of hydrogen-bond donors (Lipinski definition) is 5. The first-order valence-corrected chi connectivity index (χ1v) is 11.6.